The van der Waals surface area contributed by atoms with Crippen LogP contribution in [0.1, 0.15) is 16.1 Å². The molecular weight excluding hydrogens is 406 g/mol. The van der Waals surface area contributed by atoms with Crippen LogP contribution in [0.15, 0.2) is 76.5 Å². The fourth-order valence-electron chi connectivity index (χ4n) is 2.87. The first-order valence-corrected chi connectivity index (χ1v) is 10.2. The summed E-state index contributed by atoms with van der Waals surface area (Å²) in [5.41, 5.74) is 3.74. The summed E-state index contributed by atoms with van der Waals surface area (Å²) in [7, 11) is 0. The van der Waals surface area contributed by atoms with Crippen LogP contribution in [0.4, 0.5) is 0 Å². The Morgan fingerprint density at radius 3 is 2.59 bits per heavy atom. The number of halogens is 1. The van der Waals surface area contributed by atoms with E-state index in [-0.39, 0.29) is 11.5 Å². The number of hydrogen-bond acceptors (Lipinski definition) is 6. The monoisotopic (exact) mass is 421 g/mol. The predicted octanol–water partition coefficient (Wildman–Crippen LogP) is 5.74. The topological polar surface area (TPSA) is 68.9 Å². The molecule has 0 atom stereocenters. The molecule has 0 aliphatic rings. The molecule has 7 heteroatoms. The normalized spacial score (nSPS) is 10.8. The summed E-state index contributed by atoms with van der Waals surface area (Å²) in [6.45, 7) is 1.84. The fourth-order valence-corrected chi connectivity index (χ4v) is 3.72. The number of Topliss-reactive ketones (excluding diaryl/α,β-unsaturated/α-hetero) is 1. The van der Waals surface area contributed by atoms with Crippen molar-refractivity contribution in [3.05, 3.63) is 83.2 Å². The molecule has 2 aromatic heterocycles. The van der Waals surface area contributed by atoms with E-state index < -0.39 is 0 Å². The third-order valence-corrected chi connectivity index (χ3v) is 5.41. The molecule has 4 aromatic rings. The Morgan fingerprint density at radius 1 is 1.07 bits per heavy atom. The minimum absolute atomic E-state index is 0.0348. The molecule has 0 spiro atoms. The number of ketones is 1. The third-order valence-electron chi connectivity index (χ3n) is 4.30. The number of rotatable bonds is 6. The highest BCUT2D eigenvalue weighted by Gasteiger charge is 2.18. The van der Waals surface area contributed by atoms with E-state index in [2.05, 4.69) is 15.1 Å². The number of carbonyl (C=O) groups is 1. The zero-order valence-corrected chi connectivity index (χ0v) is 17.1. The molecule has 0 radical (unpaired) electrons. The summed E-state index contributed by atoms with van der Waals surface area (Å²) in [5.74, 6) is 0.956. The molecule has 0 aliphatic heterocycles. The lowest BCUT2D eigenvalue weighted by molar-refractivity contribution is 0.102. The summed E-state index contributed by atoms with van der Waals surface area (Å²) >= 11 is 7.30. The van der Waals surface area contributed by atoms with Crippen molar-refractivity contribution in [3.8, 4) is 22.5 Å². The van der Waals surface area contributed by atoms with Crippen molar-refractivity contribution in [2.45, 2.75) is 12.1 Å². The average molecular weight is 422 g/mol. The Labute approximate surface area is 177 Å². The highest BCUT2D eigenvalue weighted by Crippen LogP contribution is 2.34. The van der Waals surface area contributed by atoms with Crippen LogP contribution in [0.5, 0.6) is 0 Å². The third kappa shape index (κ3) is 4.39. The van der Waals surface area contributed by atoms with Crippen LogP contribution < -0.4 is 0 Å². The number of aryl methyl sites for hydroxylation is 1. The molecule has 0 fully saturated rings. The van der Waals surface area contributed by atoms with Gasteiger partial charge in [-0.25, -0.2) is 9.97 Å². The summed E-state index contributed by atoms with van der Waals surface area (Å²) < 4.78 is 5.43. The molecule has 0 saturated heterocycles. The lowest BCUT2D eigenvalue weighted by Crippen LogP contribution is -2.03. The zero-order valence-electron chi connectivity index (χ0n) is 15.5. The second-order valence-corrected chi connectivity index (χ2v) is 7.65. The summed E-state index contributed by atoms with van der Waals surface area (Å²) in [4.78, 5) is 21.2. The molecule has 0 bridgehead atoms. The molecule has 2 heterocycles. The molecular formula is C22H16ClN3O2S. The van der Waals surface area contributed by atoms with Gasteiger partial charge in [0.25, 0.3) is 0 Å². The SMILES string of the molecule is Cc1onc(-c2ccc(Cl)cc2)c1-c1ccnc(SCC(=O)c2ccccc2)n1. The maximum atomic E-state index is 12.3. The lowest BCUT2D eigenvalue weighted by atomic mass is 10.0. The Kier molecular flexibility index (Phi) is 5.74. The van der Waals surface area contributed by atoms with E-state index in [1.807, 2.05) is 43.3 Å². The highest BCUT2D eigenvalue weighted by molar-refractivity contribution is 7.99. The van der Waals surface area contributed by atoms with Gasteiger partial charge in [0, 0.05) is 22.3 Å². The van der Waals surface area contributed by atoms with Crippen LogP contribution >= 0.6 is 23.4 Å². The van der Waals surface area contributed by atoms with Gasteiger partial charge < -0.3 is 4.52 Å². The number of aromatic nitrogens is 3. The van der Waals surface area contributed by atoms with Crippen LogP contribution in [0.2, 0.25) is 5.02 Å². The minimum atomic E-state index is 0.0348. The summed E-state index contributed by atoms with van der Waals surface area (Å²) in [6.07, 6.45) is 1.68. The second kappa shape index (κ2) is 8.59. The number of thioether (sulfide) groups is 1. The van der Waals surface area contributed by atoms with Gasteiger partial charge in [0.05, 0.1) is 17.0 Å². The van der Waals surface area contributed by atoms with E-state index in [0.717, 1.165) is 11.1 Å². The maximum absolute atomic E-state index is 12.3. The standard InChI is InChI=1S/C22H16ClN3O2S/c1-14-20(21(26-28-14)16-7-9-17(23)10-8-16)18-11-12-24-22(25-18)29-13-19(27)15-5-3-2-4-6-15/h2-12H,13H2,1H3. The first-order chi connectivity index (χ1) is 14.1. The minimum Gasteiger partial charge on any atom is -0.360 e. The molecule has 2 aromatic carbocycles. The van der Waals surface area contributed by atoms with Crippen molar-refractivity contribution in [2.75, 3.05) is 5.75 Å². The molecule has 0 unspecified atom stereocenters. The second-order valence-electron chi connectivity index (χ2n) is 6.27. The van der Waals surface area contributed by atoms with Crippen molar-refractivity contribution in [3.63, 3.8) is 0 Å². The van der Waals surface area contributed by atoms with E-state index in [4.69, 9.17) is 16.1 Å². The molecule has 144 valence electrons. The van der Waals surface area contributed by atoms with Crippen molar-refractivity contribution >= 4 is 29.1 Å². The summed E-state index contributed by atoms with van der Waals surface area (Å²) in [5, 5.41) is 5.37. The van der Waals surface area contributed by atoms with Gasteiger partial charge in [0.1, 0.15) is 11.5 Å². The van der Waals surface area contributed by atoms with Crippen LogP contribution in [-0.4, -0.2) is 26.7 Å². The predicted molar refractivity (Wildman–Crippen MR) is 114 cm³/mol. The van der Waals surface area contributed by atoms with Gasteiger partial charge in [-0.05, 0) is 25.1 Å². The van der Waals surface area contributed by atoms with Gasteiger partial charge in [-0.2, -0.15) is 0 Å². The largest absolute Gasteiger partial charge is 0.360 e. The smallest absolute Gasteiger partial charge is 0.188 e. The molecule has 0 aliphatic carbocycles. The van der Waals surface area contributed by atoms with Crippen molar-refractivity contribution in [1.29, 1.82) is 0 Å². The number of nitrogens with zero attached hydrogens (tertiary/aromatic N) is 3. The van der Waals surface area contributed by atoms with Crippen molar-refractivity contribution in [2.24, 2.45) is 0 Å². The van der Waals surface area contributed by atoms with Crippen LogP contribution in [0.25, 0.3) is 22.5 Å². The molecule has 0 N–H and O–H groups in total. The molecule has 29 heavy (non-hydrogen) atoms. The van der Waals surface area contributed by atoms with E-state index in [1.54, 1.807) is 30.5 Å². The van der Waals surface area contributed by atoms with Crippen LogP contribution in [0.3, 0.4) is 0 Å². The molecule has 4 rings (SSSR count). The van der Waals surface area contributed by atoms with Gasteiger partial charge in [0.15, 0.2) is 10.9 Å². The zero-order chi connectivity index (χ0) is 20.2. The van der Waals surface area contributed by atoms with Gasteiger partial charge in [-0.1, -0.05) is 71.0 Å². The summed E-state index contributed by atoms with van der Waals surface area (Å²) in [6, 6.07) is 18.4. The van der Waals surface area contributed by atoms with Crippen molar-refractivity contribution < 1.29 is 9.32 Å². The first kappa shape index (κ1) is 19.4. The Hall–Kier alpha value is -2.96. The first-order valence-electron chi connectivity index (χ1n) is 8.88. The Balaban J connectivity index is 1.59. The fraction of sp³-hybridized carbons (Fsp3) is 0.0909. The van der Waals surface area contributed by atoms with Gasteiger partial charge in [0.2, 0.25) is 0 Å². The highest BCUT2D eigenvalue weighted by atomic mass is 35.5. The average Bonchev–Trinajstić information content (AvgIpc) is 3.15. The number of hydrogen-bond donors (Lipinski definition) is 0. The Morgan fingerprint density at radius 2 is 1.83 bits per heavy atom. The molecule has 0 amide bonds. The number of carbonyl (C=O) groups excluding carboxylic acids is 1. The molecule has 5 nitrogen and oxygen atoms in total. The van der Waals surface area contributed by atoms with Crippen LogP contribution in [-0.2, 0) is 0 Å². The van der Waals surface area contributed by atoms with Gasteiger partial charge in [-0.15, -0.1) is 0 Å². The van der Waals surface area contributed by atoms with E-state index in [0.29, 0.717) is 32.9 Å². The van der Waals surface area contributed by atoms with Gasteiger partial charge in [-0.3, -0.25) is 4.79 Å². The van der Waals surface area contributed by atoms with E-state index in [9.17, 15) is 4.79 Å². The molecule has 0 saturated carbocycles. The van der Waals surface area contributed by atoms with Crippen LogP contribution in [0, 0.1) is 6.92 Å². The maximum Gasteiger partial charge on any atom is 0.188 e. The van der Waals surface area contributed by atoms with Gasteiger partial charge >= 0.3 is 0 Å². The number of benzene rings is 2. The lowest BCUT2D eigenvalue weighted by Gasteiger charge is -2.05. The Bertz CT molecular complexity index is 1140. The van der Waals surface area contributed by atoms with E-state index in [1.165, 1.54) is 11.8 Å². The quantitative estimate of drug-likeness (QED) is 0.225. The van der Waals surface area contributed by atoms with E-state index >= 15 is 0 Å². The van der Waals surface area contributed by atoms with Crippen molar-refractivity contribution in [1.82, 2.24) is 15.1 Å².